The molecule has 0 fully saturated rings. The molecular weight excluding hydrogens is 533 g/mol. The molecule has 2 N–H and O–H groups in total. The quantitative estimate of drug-likeness (QED) is 0.373. The lowest BCUT2D eigenvalue weighted by Crippen LogP contribution is -2.43. The maximum Gasteiger partial charge on any atom is 0.174 e. The van der Waals surface area contributed by atoms with E-state index in [0.29, 0.717) is 61.1 Å². The van der Waals surface area contributed by atoms with Gasteiger partial charge >= 0.3 is 0 Å². The molecule has 33 heavy (non-hydrogen) atoms. The van der Waals surface area contributed by atoms with Crippen LogP contribution in [0.4, 0.5) is 0 Å². The SMILES string of the molecule is C=CCOc1c(I)cc([C@@H]2C(C#N)=C(N)N(CCOC)C3=C2C(=O)CC(C)(C)C3)cc1OC. The van der Waals surface area contributed by atoms with Gasteiger partial charge in [0, 0.05) is 31.3 Å². The van der Waals surface area contributed by atoms with E-state index in [0.717, 1.165) is 14.8 Å². The molecule has 1 atom stereocenters. The molecule has 0 radical (unpaired) electrons. The number of benzene rings is 1. The monoisotopic (exact) mass is 563 g/mol. The number of ether oxygens (including phenoxy) is 3. The molecule has 8 heteroatoms. The number of carbonyl (C=O) groups excluding carboxylic acids is 1. The van der Waals surface area contributed by atoms with Crippen LogP contribution in [0.3, 0.4) is 0 Å². The molecular formula is C25H30IN3O4. The van der Waals surface area contributed by atoms with Gasteiger partial charge < -0.3 is 24.8 Å². The molecule has 0 bridgehead atoms. The molecule has 0 saturated carbocycles. The highest BCUT2D eigenvalue weighted by atomic mass is 127. The second kappa shape index (κ2) is 10.2. The van der Waals surface area contributed by atoms with Crippen LogP contribution in [-0.2, 0) is 9.53 Å². The lowest BCUT2D eigenvalue weighted by molar-refractivity contribution is -0.118. The minimum atomic E-state index is -0.566. The Bertz CT molecular complexity index is 1070. The van der Waals surface area contributed by atoms with Gasteiger partial charge in [-0.15, -0.1) is 0 Å². The summed E-state index contributed by atoms with van der Waals surface area (Å²) in [5.41, 5.74) is 8.99. The Morgan fingerprint density at radius 1 is 1.36 bits per heavy atom. The van der Waals surface area contributed by atoms with E-state index in [1.807, 2.05) is 17.0 Å². The third kappa shape index (κ3) is 4.89. The summed E-state index contributed by atoms with van der Waals surface area (Å²) in [4.78, 5) is 15.4. The highest BCUT2D eigenvalue weighted by Gasteiger charge is 2.44. The zero-order valence-electron chi connectivity index (χ0n) is 19.5. The number of Topliss-reactive ketones (excluding diaryl/α,β-unsaturated/α-hetero) is 1. The van der Waals surface area contributed by atoms with Crippen molar-refractivity contribution in [3.8, 4) is 17.6 Å². The first-order valence-corrected chi connectivity index (χ1v) is 11.8. The zero-order chi connectivity index (χ0) is 24.3. The summed E-state index contributed by atoms with van der Waals surface area (Å²) in [5, 5.41) is 10.1. The smallest absolute Gasteiger partial charge is 0.174 e. The molecule has 3 rings (SSSR count). The van der Waals surface area contributed by atoms with Crippen LogP contribution < -0.4 is 15.2 Å². The van der Waals surface area contributed by atoms with Crippen LogP contribution in [0, 0.1) is 20.3 Å². The third-order valence-electron chi connectivity index (χ3n) is 5.94. The fourth-order valence-electron chi connectivity index (χ4n) is 4.54. The van der Waals surface area contributed by atoms with Crippen molar-refractivity contribution in [1.29, 1.82) is 5.26 Å². The lowest BCUT2D eigenvalue weighted by Gasteiger charge is -2.43. The van der Waals surface area contributed by atoms with Crippen LogP contribution in [0.25, 0.3) is 0 Å². The molecule has 1 aliphatic heterocycles. The van der Waals surface area contributed by atoms with Crippen molar-refractivity contribution in [3.63, 3.8) is 0 Å². The number of nitrogens with two attached hydrogens (primary N) is 1. The second-order valence-electron chi connectivity index (χ2n) is 8.92. The number of hydrogen-bond donors (Lipinski definition) is 1. The topological polar surface area (TPSA) is 97.8 Å². The normalized spacial score (nSPS) is 19.8. The zero-order valence-corrected chi connectivity index (χ0v) is 21.7. The van der Waals surface area contributed by atoms with Crippen molar-refractivity contribution in [2.45, 2.75) is 32.6 Å². The Morgan fingerprint density at radius 2 is 2.09 bits per heavy atom. The Hall–Kier alpha value is -2.51. The van der Waals surface area contributed by atoms with E-state index >= 15 is 0 Å². The van der Waals surface area contributed by atoms with Crippen LogP contribution in [0.5, 0.6) is 11.5 Å². The van der Waals surface area contributed by atoms with E-state index < -0.39 is 5.92 Å². The Kier molecular flexibility index (Phi) is 7.75. The van der Waals surface area contributed by atoms with Crippen molar-refractivity contribution < 1.29 is 19.0 Å². The van der Waals surface area contributed by atoms with E-state index in [1.165, 1.54) is 0 Å². The van der Waals surface area contributed by atoms with Gasteiger partial charge in [0.25, 0.3) is 0 Å². The molecule has 176 valence electrons. The number of carbonyl (C=O) groups is 1. The average Bonchev–Trinajstić information content (AvgIpc) is 2.75. The summed E-state index contributed by atoms with van der Waals surface area (Å²) < 4.78 is 17.5. The van der Waals surface area contributed by atoms with Gasteiger partial charge in [-0.2, -0.15) is 5.26 Å². The Labute approximate surface area is 209 Å². The highest BCUT2D eigenvalue weighted by Crippen LogP contribution is 2.50. The summed E-state index contributed by atoms with van der Waals surface area (Å²) in [7, 11) is 3.19. The summed E-state index contributed by atoms with van der Waals surface area (Å²) in [6, 6.07) is 6.05. The largest absolute Gasteiger partial charge is 0.493 e. The first-order chi connectivity index (χ1) is 15.7. The highest BCUT2D eigenvalue weighted by molar-refractivity contribution is 14.1. The molecule has 0 spiro atoms. The number of ketones is 1. The molecule has 0 saturated heterocycles. The minimum Gasteiger partial charge on any atom is -0.493 e. The predicted molar refractivity (Wildman–Crippen MR) is 135 cm³/mol. The van der Waals surface area contributed by atoms with Gasteiger partial charge in [-0.1, -0.05) is 26.5 Å². The van der Waals surface area contributed by atoms with Crippen LogP contribution >= 0.6 is 22.6 Å². The molecule has 2 aliphatic rings. The second-order valence-corrected chi connectivity index (χ2v) is 10.1. The third-order valence-corrected chi connectivity index (χ3v) is 6.74. The van der Waals surface area contributed by atoms with Crippen LogP contribution in [0.2, 0.25) is 0 Å². The van der Waals surface area contributed by atoms with E-state index in [9.17, 15) is 10.1 Å². The maximum absolute atomic E-state index is 13.5. The number of hydrogen-bond acceptors (Lipinski definition) is 7. The Balaban J connectivity index is 2.23. The molecule has 0 amide bonds. The molecule has 1 heterocycles. The summed E-state index contributed by atoms with van der Waals surface area (Å²) in [6.07, 6.45) is 2.76. The number of nitrogens with zero attached hydrogens (tertiary/aromatic N) is 2. The summed E-state index contributed by atoms with van der Waals surface area (Å²) in [5.74, 6) is 0.963. The first kappa shape index (κ1) is 25.1. The van der Waals surface area contributed by atoms with Crippen LogP contribution in [0.1, 0.15) is 38.2 Å². The van der Waals surface area contributed by atoms with Crippen LogP contribution in [0.15, 0.2) is 47.5 Å². The molecule has 0 aromatic heterocycles. The predicted octanol–water partition coefficient (Wildman–Crippen LogP) is 4.25. The van der Waals surface area contributed by atoms with Gasteiger partial charge in [0.2, 0.25) is 0 Å². The molecule has 1 aromatic carbocycles. The van der Waals surface area contributed by atoms with Crippen LogP contribution in [-0.4, -0.2) is 44.7 Å². The Morgan fingerprint density at radius 3 is 2.70 bits per heavy atom. The van der Waals surface area contributed by atoms with Gasteiger partial charge in [-0.05, 0) is 52.1 Å². The molecule has 7 nitrogen and oxygen atoms in total. The van der Waals surface area contributed by atoms with E-state index in [2.05, 4.69) is 49.1 Å². The molecule has 0 unspecified atom stereocenters. The first-order valence-electron chi connectivity index (χ1n) is 10.7. The van der Waals surface area contributed by atoms with Crippen molar-refractivity contribution in [2.24, 2.45) is 11.1 Å². The summed E-state index contributed by atoms with van der Waals surface area (Å²) in [6.45, 7) is 9.08. The van der Waals surface area contributed by atoms with Crippen molar-refractivity contribution in [1.82, 2.24) is 4.90 Å². The maximum atomic E-state index is 13.5. The molecule has 1 aliphatic carbocycles. The lowest BCUT2D eigenvalue weighted by atomic mass is 9.68. The van der Waals surface area contributed by atoms with E-state index in [-0.39, 0.29) is 11.2 Å². The number of rotatable bonds is 8. The van der Waals surface area contributed by atoms with Gasteiger partial charge in [0.05, 0.1) is 34.8 Å². The van der Waals surface area contributed by atoms with Crippen molar-refractivity contribution >= 4 is 28.4 Å². The molecule has 1 aromatic rings. The van der Waals surface area contributed by atoms with E-state index in [1.54, 1.807) is 20.3 Å². The number of allylic oxidation sites excluding steroid dienone is 3. The number of methoxy groups -OCH3 is 2. The van der Waals surface area contributed by atoms with Crippen molar-refractivity contribution in [3.05, 3.63) is 56.6 Å². The summed E-state index contributed by atoms with van der Waals surface area (Å²) >= 11 is 2.18. The van der Waals surface area contributed by atoms with Gasteiger partial charge in [-0.25, -0.2) is 0 Å². The number of nitriles is 1. The fourth-order valence-corrected chi connectivity index (χ4v) is 5.32. The van der Waals surface area contributed by atoms with Crippen molar-refractivity contribution in [2.75, 3.05) is 34.0 Å². The van der Waals surface area contributed by atoms with Gasteiger partial charge in [0.1, 0.15) is 12.4 Å². The van der Waals surface area contributed by atoms with E-state index in [4.69, 9.17) is 19.9 Å². The average molecular weight is 563 g/mol. The van der Waals surface area contributed by atoms with Gasteiger partial charge in [-0.3, -0.25) is 4.79 Å². The standard InChI is InChI=1S/C25H30IN3O4/c1-6-8-33-23-17(26)10-15(11-20(23)32-5)21-16(14-27)24(28)29(7-9-31-4)18-12-25(2,3)13-19(30)22(18)21/h6,10-11,21H,1,7-9,12-13,28H2,2-5H3/t21-/m1/s1. The minimum absolute atomic E-state index is 0.0369. The van der Waals surface area contributed by atoms with Gasteiger partial charge in [0.15, 0.2) is 17.3 Å². The number of halogens is 1. The fraction of sp³-hybridized carbons (Fsp3) is 0.440.